The second kappa shape index (κ2) is 8.14. The van der Waals surface area contributed by atoms with Gasteiger partial charge in [0.2, 0.25) is 0 Å². The first-order valence-electron chi connectivity index (χ1n) is 4.71. The number of aliphatic hydroxyl groups is 1. The zero-order valence-electron chi connectivity index (χ0n) is 9.27. The summed E-state index contributed by atoms with van der Waals surface area (Å²) in [5.41, 5.74) is 5.84. The maximum absolute atomic E-state index is 9.17. The molecule has 3 N–H and O–H groups in total. The Kier molecular flexibility index (Phi) is 8.02. The number of nitrogens with two attached hydrogens (primary N) is 1. The molecule has 5 heteroatoms. The fraction of sp³-hybridized carbons (Fsp3) is 1.00. The van der Waals surface area contributed by atoms with Crippen LogP contribution in [-0.4, -0.2) is 69.7 Å². The SMILES string of the molecule is COCCN(C)C(CO)C(N)COC. The Morgan fingerprint density at radius 2 is 2.00 bits per heavy atom. The van der Waals surface area contributed by atoms with Crippen LogP contribution in [0.4, 0.5) is 0 Å². The van der Waals surface area contributed by atoms with Gasteiger partial charge < -0.3 is 20.3 Å². The van der Waals surface area contributed by atoms with Gasteiger partial charge in [-0.1, -0.05) is 0 Å². The number of hydrogen-bond acceptors (Lipinski definition) is 5. The molecule has 14 heavy (non-hydrogen) atoms. The molecule has 0 fully saturated rings. The van der Waals surface area contributed by atoms with Crippen LogP contribution in [0.1, 0.15) is 0 Å². The molecule has 0 aromatic rings. The van der Waals surface area contributed by atoms with Gasteiger partial charge in [-0.3, -0.25) is 4.90 Å². The van der Waals surface area contributed by atoms with Crippen LogP contribution >= 0.6 is 0 Å². The molecule has 0 radical (unpaired) electrons. The van der Waals surface area contributed by atoms with E-state index in [1.54, 1.807) is 14.2 Å². The summed E-state index contributed by atoms with van der Waals surface area (Å²) in [5.74, 6) is 0. The number of likely N-dealkylation sites (N-methyl/N-ethyl adjacent to an activating group) is 1. The van der Waals surface area contributed by atoms with E-state index >= 15 is 0 Å². The summed E-state index contributed by atoms with van der Waals surface area (Å²) in [7, 11) is 5.16. The second-order valence-corrected chi connectivity index (χ2v) is 3.34. The molecule has 0 bridgehead atoms. The predicted molar refractivity (Wildman–Crippen MR) is 55.2 cm³/mol. The second-order valence-electron chi connectivity index (χ2n) is 3.34. The van der Waals surface area contributed by atoms with E-state index in [-0.39, 0.29) is 18.7 Å². The van der Waals surface area contributed by atoms with Crippen molar-refractivity contribution in [1.82, 2.24) is 4.90 Å². The zero-order valence-corrected chi connectivity index (χ0v) is 9.27. The summed E-state index contributed by atoms with van der Waals surface area (Å²) in [5, 5.41) is 9.17. The minimum Gasteiger partial charge on any atom is -0.395 e. The standard InChI is InChI=1S/C9H22N2O3/c1-11(4-5-13-2)9(6-12)8(10)7-14-3/h8-9,12H,4-7,10H2,1-3H3. The van der Waals surface area contributed by atoms with Crippen molar-refractivity contribution in [1.29, 1.82) is 0 Å². The largest absolute Gasteiger partial charge is 0.395 e. The number of rotatable bonds is 8. The van der Waals surface area contributed by atoms with E-state index in [1.165, 1.54) is 0 Å². The van der Waals surface area contributed by atoms with E-state index in [0.29, 0.717) is 13.2 Å². The van der Waals surface area contributed by atoms with Crippen molar-refractivity contribution in [2.75, 3.05) is 47.6 Å². The molecule has 0 aliphatic carbocycles. The summed E-state index contributed by atoms with van der Waals surface area (Å²) in [6.45, 7) is 1.86. The van der Waals surface area contributed by atoms with Crippen LogP contribution in [0.3, 0.4) is 0 Å². The van der Waals surface area contributed by atoms with Gasteiger partial charge in [-0.2, -0.15) is 0 Å². The molecular weight excluding hydrogens is 184 g/mol. The molecule has 0 rings (SSSR count). The van der Waals surface area contributed by atoms with Crippen LogP contribution in [0.5, 0.6) is 0 Å². The van der Waals surface area contributed by atoms with E-state index in [9.17, 15) is 5.11 Å². The van der Waals surface area contributed by atoms with E-state index in [0.717, 1.165) is 6.54 Å². The molecule has 86 valence electrons. The number of aliphatic hydroxyl groups excluding tert-OH is 1. The lowest BCUT2D eigenvalue weighted by molar-refractivity contribution is 0.0676. The molecule has 0 saturated heterocycles. The summed E-state index contributed by atoms with van der Waals surface area (Å²) in [4.78, 5) is 1.98. The Morgan fingerprint density at radius 3 is 2.43 bits per heavy atom. The van der Waals surface area contributed by atoms with Crippen molar-refractivity contribution >= 4 is 0 Å². The first kappa shape index (κ1) is 13.8. The van der Waals surface area contributed by atoms with Gasteiger partial charge >= 0.3 is 0 Å². The van der Waals surface area contributed by atoms with E-state index in [2.05, 4.69) is 0 Å². The van der Waals surface area contributed by atoms with E-state index in [4.69, 9.17) is 15.2 Å². The van der Waals surface area contributed by atoms with Crippen LogP contribution in [0, 0.1) is 0 Å². The van der Waals surface area contributed by atoms with Gasteiger partial charge in [-0.15, -0.1) is 0 Å². The van der Waals surface area contributed by atoms with Crippen molar-refractivity contribution in [3.8, 4) is 0 Å². The van der Waals surface area contributed by atoms with Crippen molar-refractivity contribution < 1.29 is 14.6 Å². The monoisotopic (exact) mass is 206 g/mol. The maximum Gasteiger partial charge on any atom is 0.0629 e. The fourth-order valence-electron chi connectivity index (χ4n) is 1.31. The van der Waals surface area contributed by atoms with Crippen LogP contribution in [-0.2, 0) is 9.47 Å². The lowest BCUT2D eigenvalue weighted by Crippen LogP contribution is -2.51. The topological polar surface area (TPSA) is 68.0 Å². The average Bonchev–Trinajstić information content (AvgIpc) is 2.16. The summed E-state index contributed by atoms with van der Waals surface area (Å²) < 4.78 is 9.90. The van der Waals surface area contributed by atoms with Crippen LogP contribution in [0.2, 0.25) is 0 Å². The van der Waals surface area contributed by atoms with Gasteiger partial charge in [-0.25, -0.2) is 0 Å². The van der Waals surface area contributed by atoms with Crippen LogP contribution in [0.25, 0.3) is 0 Å². The Labute approximate surface area is 85.8 Å². The highest BCUT2D eigenvalue weighted by Crippen LogP contribution is 2.00. The van der Waals surface area contributed by atoms with Gasteiger partial charge in [0.1, 0.15) is 0 Å². The van der Waals surface area contributed by atoms with Crippen molar-refractivity contribution in [3.05, 3.63) is 0 Å². The summed E-state index contributed by atoms with van der Waals surface area (Å²) in [6.07, 6.45) is 0. The molecule has 0 saturated carbocycles. The van der Waals surface area contributed by atoms with Crippen LogP contribution in [0.15, 0.2) is 0 Å². The lowest BCUT2D eigenvalue weighted by Gasteiger charge is -2.30. The molecule has 0 amide bonds. The minimum atomic E-state index is -0.174. The lowest BCUT2D eigenvalue weighted by atomic mass is 10.1. The van der Waals surface area contributed by atoms with Crippen molar-refractivity contribution in [3.63, 3.8) is 0 Å². The molecule has 0 aliphatic rings. The molecule has 5 nitrogen and oxygen atoms in total. The summed E-state index contributed by atoms with van der Waals surface area (Å²) >= 11 is 0. The maximum atomic E-state index is 9.17. The molecule has 2 unspecified atom stereocenters. The van der Waals surface area contributed by atoms with Gasteiger partial charge in [0.05, 0.1) is 19.8 Å². The third kappa shape index (κ3) is 4.88. The Morgan fingerprint density at radius 1 is 1.36 bits per heavy atom. The first-order chi connectivity index (χ1) is 6.67. The molecule has 0 aromatic heterocycles. The number of hydrogen-bond donors (Lipinski definition) is 2. The quantitative estimate of drug-likeness (QED) is 0.527. The van der Waals surface area contributed by atoms with Gasteiger partial charge in [-0.05, 0) is 7.05 Å². The Bertz CT molecular complexity index is 135. The highest BCUT2D eigenvalue weighted by atomic mass is 16.5. The Hall–Kier alpha value is -0.200. The first-order valence-corrected chi connectivity index (χ1v) is 4.71. The highest BCUT2D eigenvalue weighted by molar-refractivity contribution is 4.79. The van der Waals surface area contributed by atoms with Gasteiger partial charge in [0, 0.05) is 32.8 Å². The van der Waals surface area contributed by atoms with Crippen molar-refractivity contribution in [2.24, 2.45) is 5.73 Å². The van der Waals surface area contributed by atoms with Gasteiger partial charge in [0.25, 0.3) is 0 Å². The smallest absolute Gasteiger partial charge is 0.0629 e. The van der Waals surface area contributed by atoms with Crippen LogP contribution < -0.4 is 5.73 Å². The predicted octanol–water partition coefficient (Wildman–Crippen LogP) is -1.10. The molecular formula is C9H22N2O3. The number of nitrogens with zero attached hydrogens (tertiary/aromatic N) is 1. The third-order valence-electron chi connectivity index (χ3n) is 2.25. The normalized spacial score (nSPS) is 15.9. The molecule has 0 heterocycles. The molecule has 0 aliphatic heterocycles. The average molecular weight is 206 g/mol. The molecule has 0 spiro atoms. The van der Waals surface area contributed by atoms with E-state index in [1.807, 2.05) is 11.9 Å². The third-order valence-corrected chi connectivity index (χ3v) is 2.25. The minimum absolute atomic E-state index is 0.0325. The molecule has 2 atom stereocenters. The van der Waals surface area contributed by atoms with Crippen molar-refractivity contribution in [2.45, 2.75) is 12.1 Å². The summed E-state index contributed by atoms with van der Waals surface area (Å²) in [6, 6.07) is -0.253. The number of methoxy groups -OCH3 is 2. The van der Waals surface area contributed by atoms with E-state index < -0.39 is 0 Å². The molecule has 0 aromatic carbocycles. The van der Waals surface area contributed by atoms with Gasteiger partial charge in [0.15, 0.2) is 0 Å². The Balaban J connectivity index is 3.96. The fourth-order valence-corrected chi connectivity index (χ4v) is 1.31. The number of ether oxygens (including phenoxy) is 2. The zero-order chi connectivity index (χ0) is 11.0. The highest BCUT2D eigenvalue weighted by Gasteiger charge is 2.20.